The molecule has 57 heavy (non-hydrogen) atoms. The van der Waals surface area contributed by atoms with E-state index in [1.807, 2.05) is 0 Å². The Morgan fingerprint density at radius 3 is 0.842 bits per heavy atom. The summed E-state index contributed by atoms with van der Waals surface area (Å²) in [6.07, 6.45) is 51.7. The molecule has 4 unspecified atom stereocenters. The molecule has 0 aliphatic carbocycles. The Kier molecular flexibility index (Phi) is 45.8. The third kappa shape index (κ3) is 40.5. The van der Waals surface area contributed by atoms with Crippen LogP contribution in [0.15, 0.2) is 0 Å². The van der Waals surface area contributed by atoms with Crippen LogP contribution in [0, 0.1) is 0 Å². The molecule has 0 bridgehead atoms. The van der Waals surface area contributed by atoms with Gasteiger partial charge in [0.15, 0.2) is 0 Å². The van der Waals surface area contributed by atoms with E-state index in [1.54, 1.807) is 0 Å². The lowest BCUT2D eigenvalue weighted by Crippen LogP contribution is -2.53. The van der Waals surface area contributed by atoms with Crippen molar-refractivity contribution in [2.45, 2.75) is 314 Å². The molecule has 342 valence electrons. The molecule has 0 spiro atoms. The molecule has 0 saturated heterocycles. The Balaban J connectivity index is 3.54. The van der Waals surface area contributed by atoms with Crippen LogP contribution in [0.3, 0.4) is 0 Å². The molecular formula is C51H103NO5. The second kappa shape index (κ2) is 46.4. The third-order valence-corrected chi connectivity index (χ3v) is 12.6. The topological polar surface area (TPSA) is 110 Å². The van der Waals surface area contributed by atoms with Crippen molar-refractivity contribution in [3.05, 3.63) is 0 Å². The molecule has 0 aromatic heterocycles. The largest absolute Gasteiger partial charge is 0.394 e. The lowest BCUT2D eigenvalue weighted by molar-refractivity contribution is -0.132. The molecule has 0 aliphatic heterocycles. The van der Waals surface area contributed by atoms with Crippen molar-refractivity contribution >= 4 is 5.91 Å². The van der Waals surface area contributed by atoms with Gasteiger partial charge in [-0.25, -0.2) is 0 Å². The minimum Gasteiger partial charge on any atom is -0.394 e. The highest BCUT2D eigenvalue weighted by molar-refractivity contribution is 5.80. The van der Waals surface area contributed by atoms with Gasteiger partial charge in [0.05, 0.1) is 18.8 Å². The van der Waals surface area contributed by atoms with Gasteiger partial charge in [0.25, 0.3) is 0 Å². The summed E-state index contributed by atoms with van der Waals surface area (Å²) in [4.78, 5) is 12.5. The van der Waals surface area contributed by atoms with Crippen molar-refractivity contribution < 1.29 is 25.2 Å². The van der Waals surface area contributed by atoms with Gasteiger partial charge < -0.3 is 25.7 Å². The molecule has 0 rings (SSSR count). The van der Waals surface area contributed by atoms with E-state index in [9.17, 15) is 25.2 Å². The molecule has 6 heteroatoms. The molecule has 0 saturated carbocycles. The second-order valence-corrected chi connectivity index (χ2v) is 18.2. The van der Waals surface area contributed by atoms with Crippen molar-refractivity contribution in [3.8, 4) is 0 Å². The Morgan fingerprint density at radius 1 is 0.368 bits per heavy atom. The van der Waals surface area contributed by atoms with Crippen LogP contribution < -0.4 is 5.32 Å². The van der Waals surface area contributed by atoms with Gasteiger partial charge in [-0.1, -0.05) is 277 Å². The van der Waals surface area contributed by atoms with Crippen LogP contribution in [0.25, 0.3) is 0 Å². The Labute approximate surface area is 356 Å². The van der Waals surface area contributed by atoms with Gasteiger partial charge in [-0.3, -0.25) is 4.79 Å². The zero-order valence-corrected chi connectivity index (χ0v) is 38.6. The van der Waals surface area contributed by atoms with E-state index in [4.69, 9.17) is 0 Å². The molecule has 0 aliphatic rings. The average Bonchev–Trinajstić information content (AvgIpc) is 3.22. The van der Waals surface area contributed by atoms with Crippen LogP contribution in [0.4, 0.5) is 0 Å². The predicted molar refractivity (Wildman–Crippen MR) is 247 cm³/mol. The van der Waals surface area contributed by atoms with Gasteiger partial charge in [-0.15, -0.1) is 0 Å². The summed E-state index contributed by atoms with van der Waals surface area (Å²) in [5.74, 6) is -0.580. The Hall–Kier alpha value is -0.690. The monoisotopic (exact) mass is 810 g/mol. The molecule has 0 radical (unpaired) electrons. The number of amides is 1. The van der Waals surface area contributed by atoms with Crippen LogP contribution >= 0.6 is 0 Å². The first-order valence-electron chi connectivity index (χ1n) is 25.9. The summed E-state index contributed by atoms with van der Waals surface area (Å²) >= 11 is 0. The van der Waals surface area contributed by atoms with E-state index >= 15 is 0 Å². The minimum absolute atomic E-state index is 0.375. The predicted octanol–water partition coefficient (Wildman–Crippen LogP) is 14.4. The lowest BCUT2D eigenvalue weighted by Gasteiger charge is -2.27. The van der Waals surface area contributed by atoms with Gasteiger partial charge in [0, 0.05) is 0 Å². The molecule has 5 N–H and O–H groups in total. The van der Waals surface area contributed by atoms with Crippen LogP contribution in [-0.4, -0.2) is 57.3 Å². The fourth-order valence-electron chi connectivity index (χ4n) is 8.47. The fraction of sp³-hybridized carbons (Fsp3) is 0.980. The lowest BCUT2D eigenvalue weighted by atomic mass is 9.99. The van der Waals surface area contributed by atoms with Crippen molar-refractivity contribution in [1.29, 1.82) is 0 Å². The smallest absolute Gasteiger partial charge is 0.249 e. The number of aliphatic hydroxyl groups is 4. The number of rotatable bonds is 48. The van der Waals surface area contributed by atoms with Gasteiger partial charge >= 0.3 is 0 Å². The van der Waals surface area contributed by atoms with E-state index in [0.29, 0.717) is 12.8 Å². The summed E-state index contributed by atoms with van der Waals surface area (Å²) < 4.78 is 0. The molecule has 6 nitrogen and oxygen atoms in total. The molecule has 4 atom stereocenters. The molecular weight excluding hydrogens is 707 g/mol. The van der Waals surface area contributed by atoms with E-state index in [2.05, 4.69) is 19.2 Å². The van der Waals surface area contributed by atoms with Crippen LogP contribution in [-0.2, 0) is 4.79 Å². The maximum absolute atomic E-state index is 12.5. The van der Waals surface area contributed by atoms with Crippen LogP contribution in [0.1, 0.15) is 290 Å². The number of aliphatic hydroxyl groups excluding tert-OH is 4. The molecule has 0 heterocycles. The first-order chi connectivity index (χ1) is 28.0. The van der Waals surface area contributed by atoms with Crippen molar-refractivity contribution in [1.82, 2.24) is 5.32 Å². The number of hydrogen-bond donors (Lipinski definition) is 5. The quantitative estimate of drug-likeness (QED) is 0.0393. The maximum Gasteiger partial charge on any atom is 0.249 e. The highest BCUT2D eigenvalue weighted by Gasteiger charge is 2.28. The maximum atomic E-state index is 12.5. The first-order valence-corrected chi connectivity index (χ1v) is 25.9. The zero-order valence-electron chi connectivity index (χ0n) is 38.6. The number of nitrogens with one attached hydrogen (secondary N) is 1. The van der Waals surface area contributed by atoms with Crippen LogP contribution in [0.2, 0.25) is 0 Å². The first kappa shape index (κ1) is 56.3. The van der Waals surface area contributed by atoms with E-state index < -0.39 is 36.9 Å². The van der Waals surface area contributed by atoms with Crippen LogP contribution in [0.5, 0.6) is 0 Å². The van der Waals surface area contributed by atoms with Gasteiger partial charge in [0.1, 0.15) is 12.2 Å². The third-order valence-electron chi connectivity index (χ3n) is 12.6. The standard InChI is InChI=1S/C51H103NO5/c1-3-5-7-9-11-13-15-17-18-19-20-21-22-23-24-25-26-27-28-29-30-31-32-33-35-36-38-40-42-44-48(54)50(56)47(46-53)52-51(57)49(55)45-43-41-39-37-34-16-14-12-10-8-6-4-2/h47-50,53-56H,3-46H2,1-2H3,(H,52,57). The summed E-state index contributed by atoms with van der Waals surface area (Å²) in [6.45, 7) is 4.07. The van der Waals surface area contributed by atoms with Gasteiger partial charge in [-0.2, -0.15) is 0 Å². The van der Waals surface area contributed by atoms with Crippen molar-refractivity contribution in [2.75, 3.05) is 6.61 Å². The Bertz CT molecular complexity index is 781. The summed E-state index contributed by atoms with van der Waals surface area (Å²) in [6, 6.07) is -0.979. The second-order valence-electron chi connectivity index (χ2n) is 18.2. The normalized spacial score (nSPS) is 13.9. The van der Waals surface area contributed by atoms with Crippen molar-refractivity contribution in [3.63, 3.8) is 0 Å². The summed E-state index contributed by atoms with van der Waals surface area (Å²) in [5.41, 5.74) is 0. The summed E-state index contributed by atoms with van der Waals surface area (Å²) in [5, 5.41) is 43.8. The number of carbonyl (C=O) groups is 1. The molecule has 0 aromatic rings. The van der Waals surface area contributed by atoms with Crippen molar-refractivity contribution in [2.24, 2.45) is 0 Å². The number of hydrogen-bond acceptors (Lipinski definition) is 5. The zero-order chi connectivity index (χ0) is 41.7. The molecule has 1 amide bonds. The SMILES string of the molecule is CCCCCCCCCCCCCCCCCCCCCCCCCCCCCCCC(O)C(O)C(CO)NC(=O)C(O)CCCCCCCCCCCCCC. The van der Waals surface area contributed by atoms with E-state index in [1.165, 1.54) is 225 Å². The van der Waals surface area contributed by atoms with E-state index in [-0.39, 0.29) is 0 Å². The van der Waals surface area contributed by atoms with E-state index in [0.717, 1.165) is 38.5 Å². The number of unbranched alkanes of at least 4 members (excludes halogenated alkanes) is 39. The van der Waals surface area contributed by atoms with Gasteiger partial charge in [-0.05, 0) is 12.8 Å². The minimum atomic E-state index is -1.25. The summed E-state index contributed by atoms with van der Waals surface area (Å²) in [7, 11) is 0. The van der Waals surface area contributed by atoms with Gasteiger partial charge in [0.2, 0.25) is 5.91 Å². The fourth-order valence-corrected chi connectivity index (χ4v) is 8.47. The molecule has 0 fully saturated rings. The highest BCUT2D eigenvalue weighted by atomic mass is 16.3. The Morgan fingerprint density at radius 2 is 0.596 bits per heavy atom. The molecule has 0 aromatic carbocycles. The number of carbonyl (C=O) groups excluding carboxylic acids is 1. The highest BCUT2D eigenvalue weighted by Crippen LogP contribution is 2.18. The average molecular weight is 810 g/mol.